The van der Waals surface area contributed by atoms with Crippen LogP contribution in [0, 0.1) is 0 Å². The summed E-state index contributed by atoms with van der Waals surface area (Å²) in [5.74, 6) is -1.31. The van der Waals surface area contributed by atoms with Crippen LogP contribution < -0.4 is 0 Å². The fourth-order valence-electron chi connectivity index (χ4n) is 1.45. The van der Waals surface area contributed by atoms with Gasteiger partial charge in [0.1, 0.15) is 5.57 Å². The summed E-state index contributed by atoms with van der Waals surface area (Å²) < 4.78 is 4.61. The quantitative estimate of drug-likeness (QED) is 0.394. The molecule has 2 rings (SSSR count). The molecule has 5 nitrogen and oxygen atoms in total. The van der Waals surface area contributed by atoms with Crippen LogP contribution in [0.3, 0.4) is 0 Å². The molecule has 2 heterocycles. The number of hydrogen-bond acceptors (Lipinski definition) is 5. The van der Waals surface area contributed by atoms with Gasteiger partial charge in [0.2, 0.25) is 0 Å². The van der Waals surface area contributed by atoms with Crippen molar-refractivity contribution in [2.24, 2.45) is 0 Å². The van der Waals surface area contributed by atoms with Crippen molar-refractivity contribution in [1.82, 2.24) is 9.88 Å². The van der Waals surface area contributed by atoms with Crippen LogP contribution >= 0.6 is 0 Å². The number of hydrogen-bond donors (Lipinski definition) is 0. The molecule has 0 saturated heterocycles. The minimum absolute atomic E-state index is 0.292. The molecular weight excluding hydrogens is 208 g/mol. The third-order valence-electron chi connectivity index (χ3n) is 2.08. The van der Waals surface area contributed by atoms with Crippen molar-refractivity contribution in [3.63, 3.8) is 0 Å². The standard InChI is InChI=1S/C11H10N2O3/c1-13(2)6-8-9-7(4-3-5-12-9)10(14)16-11(8)15/h3-6H,1-2H3. The van der Waals surface area contributed by atoms with E-state index in [1.165, 1.54) is 6.20 Å². The van der Waals surface area contributed by atoms with Crippen LogP contribution in [0.5, 0.6) is 0 Å². The number of ether oxygens (including phenoxy) is 1. The smallest absolute Gasteiger partial charge is 0.349 e. The van der Waals surface area contributed by atoms with Gasteiger partial charge in [0.15, 0.2) is 0 Å². The number of pyridine rings is 1. The van der Waals surface area contributed by atoms with Gasteiger partial charge in [0.25, 0.3) is 0 Å². The lowest BCUT2D eigenvalue weighted by atomic mass is 10.0. The molecule has 0 spiro atoms. The minimum Gasteiger partial charge on any atom is -0.386 e. The summed E-state index contributed by atoms with van der Waals surface area (Å²) in [4.78, 5) is 28.7. The number of aromatic nitrogens is 1. The fraction of sp³-hybridized carbons (Fsp3) is 0.182. The molecule has 0 aromatic carbocycles. The van der Waals surface area contributed by atoms with Gasteiger partial charge in [-0.05, 0) is 12.1 Å². The van der Waals surface area contributed by atoms with E-state index in [9.17, 15) is 9.59 Å². The number of carbonyl (C=O) groups excluding carboxylic acids is 2. The predicted molar refractivity (Wildman–Crippen MR) is 56.3 cm³/mol. The Morgan fingerprint density at radius 2 is 2.06 bits per heavy atom. The largest absolute Gasteiger partial charge is 0.386 e. The molecule has 82 valence electrons. The van der Waals surface area contributed by atoms with Crippen molar-refractivity contribution in [2.75, 3.05) is 14.1 Å². The Balaban J connectivity index is 2.60. The maximum Gasteiger partial charge on any atom is 0.349 e. The second-order valence-electron chi connectivity index (χ2n) is 3.58. The van der Waals surface area contributed by atoms with Crippen molar-refractivity contribution >= 4 is 17.5 Å². The Morgan fingerprint density at radius 3 is 2.75 bits per heavy atom. The van der Waals surface area contributed by atoms with Crippen LogP contribution in [-0.4, -0.2) is 35.9 Å². The normalized spacial score (nSPS) is 17.0. The molecule has 16 heavy (non-hydrogen) atoms. The molecule has 5 heteroatoms. The molecule has 1 aromatic heterocycles. The highest BCUT2D eigenvalue weighted by Crippen LogP contribution is 2.24. The van der Waals surface area contributed by atoms with Gasteiger partial charge in [0.05, 0.1) is 11.3 Å². The zero-order valence-electron chi connectivity index (χ0n) is 8.93. The molecule has 0 saturated carbocycles. The molecule has 1 aliphatic rings. The summed E-state index contributed by atoms with van der Waals surface area (Å²) >= 11 is 0. The van der Waals surface area contributed by atoms with E-state index < -0.39 is 11.9 Å². The van der Waals surface area contributed by atoms with E-state index in [0.29, 0.717) is 16.8 Å². The highest BCUT2D eigenvalue weighted by Gasteiger charge is 2.30. The SMILES string of the molecule is CN(C)C=C1C(=O)OC(=O)c2cccnc21. The van der Waals surface area contributed by atoms with Crippen molar-refractivity contribution in [3.05, 3.63) is 35.8 Å². The summed E-state index contributed by atoms with van der Waals surface area (Å²) in [7, 11) is 3.55. The van der Waals surface area contributed by atoms with Gasteiger partial charge >= 0.3 is 11.9 Å². The summed E-state index contributed by atoms with van der Waals surface area (Å²) in [5, 5.41) is 0. The third kappa shape index (κ3) is 1.67. The van der Waals surface area contributed by atoms with E-state index in [0.717, 1.165) is 0 Å². The zero-order chi connectivity index (χ0) is 11.7. The Bertz CT molecular complexity index is 492. The Hall–Kier alpha value is -2.17. The molecule has 0 bridgehead atoms. The molecule has 0 unspecified atom stereocenters. The first-order valence-electron chi connectivity index (χ1n) is 4.69. The van der Waals surface area contributed by atoms with Crippen molar-refractivity contribution in [1.29, 1.82) is 0 Å². The Morgan fingerprint density at radius 1 is 1.31 bits per heavy atom. The lowest BCUT2D eigenvalue weighted by molar-refractivity contribution is -0.131. The number of cyclic esters (lactones) is 2. The second-order valence-corrected chi connectivity index (χ2v) is 3.58. The lowest BCUT2D eigenvalue weighted by Gasteiger charge is -2.17. The summed E-state index contributed by atoms with van der Waals surface area (Å²) in [6, 6.07) is 3.21. The van der Waals surface area contributed by atoms with E-state index >= 15 is 0 Å². The van der Waals surface area contributed by atoms with Crippen LogP contribution in [0.4, 0.5) is 0 Å². The number of esters is 2. The van der Waals surface area contributed by atoms with Crippen LogP contribution in [-0.2, 0) is 9.53 Å². The van der Waals surface area contributed by atoms with Gasteiger partial charge in [-0.15, -0.1) is 0 Å². The molecule has 0 atom stereocenters. The Labute approximate surface area is 92.3 Å². The highest BCUT2D eigenvalue weighted by molar-refractivity contribution is 6.25. The number of rotatable bonds is 1. The van der Waals surface area contributed by atoms with E-state index in [1.54, 1.807) is 37.3 Å². The minimum atomic E-state index is -0.662. The van der Waals surface area contributed by atoms with Crippen LogP contribution in [0.1, 0.15) is 16.1 Å². The van der Waals surface area contributed by atoms with Gasteiger partial charge in [0, 0.05) is 26.5 Å². The zero-order valence-corrected chi connectivity index (χ0v) is 8.93. The van der Waals surface area contributed by atoms with E-state index in [1.807, 2.05) is 0 Å². The highest BCUT2D eigenvalue weighted by atomic mass is 16.6. The van der Waals surface area contributed by atoms with E-state index in [4.69, 9.17) is 0 Å². The molecule has 0 fully saturated rings. The molecule has 0 radical (unpaired) electrons. The van der Waals surface area contributed by atoms with Gasteiger partial charge in [-0.2, -0.15) is 0 Å². The first kappa shape index (κ1) is 10.4. The average molecular weight is 218 g/mol. The van der Waals surface area contributed by atoms with Crippen molar-refractivity contribution in [3.8, 4) is 0 Å². The van der Waals surface area contributed by atoms with Gasteiger partial charge in [-0.1, -0.05) is 0 Å². The molecule has 1 aromatic rings. The maximum absolute atomic E-state index is 11.5. The first-order chi connectivity index (χ1) is 7.59. The van der Waals surface area contributed by atoms with Crippen LogP contribution in [0.2, 0.25) is 0 Å². The van der Waals surface area contributed by atoms with Gasteiger partial charge < -0.3 is 9.64 Å². The first-order valence-corrected chi connectivity index (χ1v) is 4.69. The van der Waals surface area contributed by atoms with Gasteiger partial charge in [-0.3, -0.25) is 4.98 Å². The molecule has 1 aliphatic heterocycles. The summed E-state index contributed by atoms with van der Waals surface area (Å²) in [6.07, 6.45) is 3.12. The van der Waals surface area contributed by atoms with E-state index in [2.05, 4.69) is 9.72 Å². The number of fused-ring (bicyclic) bond motifs is 1. The molecule has 0 N–H and O–H groups in total. The van der Waals surface area contributed by atoms with E-state index in [-0.39, 0.29) is 0 Å². The lowest BCUT2D eigenvalue weighted by Crippen LogP contribution is -2.24. The second kappa shape index (κ2) is 3.77. The van der Waals surface area contributed by atoms with Crippen molar-refractivity contribution in [2.45, 2.75) is 0 Å². The monoisotopic (exact) mass is 218 g/mol. The van der Waals surface area contributed by atoms with Crippen LogP contribution in [0.15, 0.2) is 24.5 Å². The fourth-order valence-corrected chi connectivity index (χ4v) is 1.45. The summed E-state index contributed by atoms with van der Waals surface area (Å²) in [6.45, 7) is 0. The summed E-state index contributed by atoms with van der Waals surface area (Å²) in [5.41, 5.74) is 0.979. The average Bonchev–Trinajstić information content (AvgIpc) is 2.24. The third-order valence-corrected chi connectivity index (χ3v) is 2.08. The number of carbonyl (C=O) groups is 2. The maximum atomic E-state index is 11.5. The topological polar surface area (TPSA) is 59.5 Å². The number of nitrogens with zero attached hydrogens (tertiary/aromatic N) is 2. The predicted octanol–water partition coefficient (Wildman–Crippen LogP) is 0.681. The van der Waals surface area contributed by atoms with Crippen LogP contribution in [0.25, 0.3) is 5.57 Å². The molecule has 0 aliphatic carbocycles. The Kier molecular flexibility index (Phi) is 2.44. The molecule has 0 amide bonds. The molecular formula is C11H10N2O3. The van der Waals surface area contributed by atoms with Gasteiger partial charge in [-0.25, -0.2) is 9.59 Å². The van der Waals surface area contributed by atoms with Crippen molar-refractivity contribution < 1.29 is 14.3 Å².